The second kappa shape index (κ2) is 12.7. The van der Waals surface area contributed by atoms with Gasteiger partial charge in [0.05, 0.1) is 18.7 Å². The van der Waals surface area contributed by atoms with E-state index in [9.17, 15) is 18.3 Å². The molecule has 176 valence electrons. The highest BCUT2D eigenvalue weighted by Gasteiger charge is 2.30. The van der Waals surface area contributed by atoms with Crippen LogP contribution in [-0.2, 0) is 10.9 Å². The Bertz CT molecular complexity index is 663. The fraction of sp³-hybridized carbons (Fsp3) is 0.667. The molecule has 1 aromatic carbocycles. The van der Waals surface area contributed by atoms with E-state index in [1.165, 1.54) is 12.1 Å². The highest BCUT2D eigenvalue weighted by atomic mass is 19.4. The number of rotatable bonds is 10. The molecule has 7 nitrogen and oxygen atoms in total. The van der Waals surface area contributed by atoms with Gasteiger partial charge in [-0.15, -0.1) is 0 Å². The quantitative estimate of drug-likeness (QED) is 0.378. The molecule has 1 atom stereocenters. The Morgan fingerprint density at radius 3 is 2.52 bits per heavy atom. The van der Waals surface area contributed by atoms with Crippen LogP contribution in [0.3, 0.4) is 0 Å². The molecule has 3 N–H and O–H groups in total. The molecule has 0 aromatic heterocycles. The van der Waals surface area contributed by atoms with Gasteiger partial charge in [0, 0.05) is 39.3 Å². The molecular formula is C21H33F3N4O3. The molecule has 10 heteroatoms. The number of methoxy groups -OCH3 is 1. The summed E-state index contributed by atoms with van der Waals surface area (Å²) in [5, 5.41) is 16.7. The maximum Gasteiger partial charge on any atom is 0.416 e. The molecule has 0 bridgehead atoms. The summed E-state index contributed by atoms with van der Waals surface area (Å²) in [6.45, 7) is 6.35. The Labute approximate surface area is 181 Å². The van der Waals surface area contributed by atoms with Crippen molar-refractivity contribution < 1.29 is 27.8 Å². The fourth-order valence-corrected chi connectivity index (χ4v) is 3.22. The number of aliphatic hydroxyl groups excluding tert-OH is 1. The predicted octanol–water partition coefficient (Wildman–Crippen LogP) is 2.11. The number of nitrogens with one attached hydrogen (secondary N) is 2. The van der Waals surface area contributed by atoms with E-state index in [0.717, 1.165) is 51.2 Å². The van der Waals surface area contributed by atoms with Crippen LogP contribution in [0.1, 0.15) is 25.3 Å². The molecule has 1 fully saturated rings. The number of halogens is 3. The third-order valence-electron chi connectivity index (χ3n) is 4.97. The van der Waals surface area contributed by atoms with Crippen LogP contribution in [0.25, 0.3) is 0 Å². The van der Waals surface area contributed by atoms with Crippen molar-refractivity contribution in [2.75, 3.05) is 53.0 Å². The summed E-state index contributed by atoms with van der Waals surface area (Å²) in [4.78, 5) is 6.79. The predicted molar refractivity (Wildman–Crippen MR) is 113 cm³/mol. The maximum absolute atomic E-state index is 12.6. The second-order valence-electron chi connectivity index (χ2n) is 7.46. The van der Waals surface area contributed by atoms with E-state index in [4.69, 9.17) is 9.47 Å². The minimum Gasteiger partial charge on any atom is -0.491 e. The summed E-state index contributed by atoms with van der Waals surface area (Å²) >= 11 is 0. The minimum absolute atomic E-state index is 0.0633. The van der Waals surface area contributed by atoms with Gasteiger partial charge in [-0.3, -0.25) is 4.99 Å². The van der Waals surface area contributed by atoms with Gasteiger partial charge in [-0.2, -0.15) is 13.2 Å². The largest absolute Gasteiger partial charge is 0.491 e. The van der Waals surface area contributed by atoms with Crippen molar-refractivity contribution in [2.45, 2.75) is 38.1 Å². The molecule has 2 rings (SSSR count). The van der Waals surface area contributed by atoms with E-state index in [1.54, 1.807) is 7.11 Å². The molecule has 1 unspecified atom stereocenters. The lowest BCUT2D eigenvalue weighted by atomic mass is 10.1. The van der Waals surface area contributed by atoms with Gasteiger partial charge in [0.25, 0.3) is 0 Å². The Morgan fingerprint density at radius 2 is 1.94 bits per heavy atom. The molecule has 1 aromatic rings. The molecule has 0 aliphatic carbocycles. The number of guanidine groups is 1. The molecule has 0 radical (unpaired) electrons. The van der Waals surface area contributed by atoms with E-state index in [1.807, 2.05) is 6.92 Å². The van der Waals surface area contributed by atoms with Crippen LogP contribution >= 0.6 is 0 Å². The number of aliphatic hydroxyl groups is 1. The van der Waals surface area contributed by atoms with Gasteiger partial charge in [-0.1, -0.05) is 0 Å². The van der Waals surface area contributed by atoms with Crippen molar-refractivity contribution in [2.24, 2.45) is 4.99 Å². The summed E-state index contributed by atoms with van der Waals surface area (Å²) in [7, 11) is 1.70. The number of nitrogens with zero attached hydrogens (tertiary/aromatic N) is 2. The summed E-state index contributed by atoms with van der Waals surface area (Å²) < 4.78 is 48.3. The molecular weight excluding hydrogens is 413 g/mol. The summed E-state index contributed by atoms with van der Waals surface area (Å²) in [6.07, 6.45) is -3.28. The maximum atomic E-state index is 12.6. The van der Waals surface area contributed by atoms with Crippen LogP contribution in [0, 0.1) is 0 Å². The Morgan fingerprint density at radius 1 is 1.26 bits per heavy atom. The lowest BCUT2D eigenvalue weighted by Crippen LogP contribution is -2.49. The molecule has 1 aliphatic heterocycles. The third kappa shape index (κ3) is 9.32. The Hall–Kier alpha value is -2.04. The van der Waals surface area contributed by atoms with Gasteiger partial charge >= 0.3 is 6.18 Å². The topological polar surface area (TPSA) is 78.4 Å². The van der Waals surface area contributed by atoms with Crippen LogP contribution in [0.2, 0.25) is 0 Å². The van der Waals surface area contributed by atoms with E-state index in [0.29, 0.717) is 18.5 Å². The third-order valence-corrected chi connectivity index (χ3v) is 4.97. The Kier molecular flexibility index (Phi) is 10.4. The molecule has 1 saturated heterocycles. The molecule has 0 spiro atoms. The molecule has 1 aliphatic rings. The number of benzene rings is 1. The second-order valence-corrected chi connectivity index (χ2v) is 7.46. The number of hydrogen-bond donors (Lipinski definition) is 3. The molecule has 31 heavy (non-hydrogen) atoms. The van der Waals surface area contributed by atoms with Crippen molar-refractivity contribution in [3.63, 3.8) is 0 Å². The first-order chi connectivity index (χ1) is 14.8. The van der Waals surface area contributed by atoms with Crippen LogP contribution < -0.4 is 15.4 Å². The molecule has 0 saturated carbocycles. The first kappa shape index (κ1) is 25.2. The van der Waals surface area contributed by atoms with Crippen LogP contribution in [0.15, 0.2) is 29.3 Å². The van der Waals surface area contributed by atoms with Crippen LogP contribution in [0.5, 0.6) is 5.75 Å². The smallest absolute Gasteiger partial charge is 0.416 e. The first-order valence-electron chi connectivity index (χ1n) is 10.6. The van der Waals surface area contributed by atoms with Gasteiger partial charge in [0.2, 0.25) is 0 Å². The average molecular weight is 447 g/mol. The lowest BCUT2D eigenvalue weighted by Gasteiger charge is -2.32. The lowest BCUT2D eigenvalue weighted by molar-refractivity contribution is -0.137. The number of aliphatic imine (C=N–C) groups is 1. The standard InChI is InChI=1S/C21H33F3N4O3/c1-3-25-20(27-17-8-10-28(11-9-17)12-13-30-2)26-14-18(29)15-31-19-6-4-16(5-7-19)21(22,23)24/h4-7,17-18,29H,3,8-15H2,1-2H3,(H2,25,26,27). The van der Waals surface area contributed by atoms with Crippen LogP contribution in [-0.4, -0.2) is 81.2 Å². The van der Waals surface area contributed by atoms with Crippen molar-refractivity contribution in [3.8, 4) is 5.75 Å². The zero-order chi connectivity index (χ0) is 22.7. The van der Waals surface area contributed by atoms with Crippen molar-refractivity contribution in [3.05, 3.63) is 29.8 Å². The van der Waals surface area contributed by atoms with E-state index in [-0.39, 0.29) is 18.9 Å². The zero-order valence-electron chi connectivity index (χ0n) is 18.1. The SMILES string of the molecule is CCNC(=NCC(O)COc1ccc(C(F)(F)F)cc1)NC1CCN(CCOC)CC1. The minimum atomic E-state index is -4.39. The highest BCUT2D eigenvalue weighted by Crippen LogP contribution is 2.30. The summed E-state index contributed by atoms with van der Waals surface area (Å²) in [5.41, 5.74) is -0.740. The number of ether oxygens (including phenoxy) is 2. The Balaban J connectivity index is 1.76. The van der Waals surface area contributed by atoms with Crippen molar-refractivity contribution >= 4 is 5.96 Å². The highest BCUT2D eigenvalue weighted by molar-refractivity contribution is 5.80. The van der Waals surface area contributed by atoms with Gasteiger partial charge in [-0.05, 0) is 44.0 Å². The zero-order valence-corrected chi connectivity index (χ0v) is 18.1. The monoisotopic (exact) mass is 446 g/mol. The first-order valence-corrected chi connectivity index (χ1v) is 10.6. The summed E-state index contributed by atoms with van der Waals surface area (Å²) in [5.74, 6) is 0.896. The van der Waals surface area contributed by atoms with E-state index in [2.05, 4.69) is 20.5 Å². The van der Waals surface area contributed by atoms with E-state index >= 15 is 0 Å². The van der Waals surface area contributed by atoms with E-state index < -0.39 is 17.8 Å². The van der Waals surface area contributed by atoms with Crippen molar-refractivity contribution in [1.82, 2.24) is 15.5 Å². The summed E-state index contributed by atoms with van der Waals surface area (Å²) in [6, 6.07) is 4.69. The van der Waals surface area contributed by atoms with Gasteiger partial charge in [0.1, 0.15) is 18.5 Å². The molecule has 0 amide bonds. The average Bonchev–Trinajstić information content (AvgIpc) is 2.75. The number of hydrogen-bond acceptors (Lipinski definition) is 5. The normalized spacial score (nSPS) is 17.4. The van der Waals surface area contributed by atoms with Gasteiger partial charge in [-0.25, -0.2) is 0 Å². The van der Waals surface area contributed by atoms with Gasteiger partial charge < -0.3 is 30.1 Å². The van der Waals surface area contributed by atoms with Crippen LogP contribution in [0.4, 0.5) is 13.2 Å². The van der Waals surface area contributed by atoms with Crippen molar-refractivity contribution in [1.29, 1.82) is 0 Å². The van der Waals surface area contributed by atoms with Gasteiger partial charge in [0.15, 0.2) is 5.96 Å². The number of alkyl halides is 3. The molecule has 1 heterocycles. The number of likely N-dealkylation sites (tertiary alicyclic amines) is 1. The fourth-order valence-electron chi connectivity index (χ4n) is 3.22. The number of piperidine rings is 1.